The minimum atomic E-state index is -5.00. The third-order valence-electron chi connectivity index (χ3n) is 6.40. The van der Waals surface area contributed by atoms with Crippen LogP contribution in [-0.4, -0.2) is 42.8 Å². The van der Waals surface area contributed by atoms with Crippen LogP contribution < -0.4 is 14.4 Å². The summed E-state index contributed by atoms with van der Waals surface area (Å²) >= 11 is 0. The zero-order valence-electron chi connectivity index (χ0n) is 20.7. The van der Waals surface area contributed by atoms with Crippen molar-refractivity contribution in [1.29, 1.82) is 0 Å². The number of aliphatic hydroxyl groups is 1. The van der Waals surface area contributed by atoms with E-state index in [9.17, 15) is 49.0 Å². The zero-order valence-corrected chi connectivity index (χ0v) is 20.7. The number of alkyl halides is 10. The molecule has 41 heavy (non-hydrogen) atoms. The van der Waals surface area contributed by atoms with Crippen LogP contribution in [0.3, 0.4) is 0 Å². The van der Waals surface area contributed by atoms with E-state index in [2.05, 4.69) is 9.47 Å². The number of β-amino-alcohol motifs (C(OH)–C–C–N with tert-alkyl or cyclic N) is 1. The molecule has 0 saturated heterocycles. The van der Waals surface area contributed by atoms with Crippen molar-refractivity contribution in [2.24, 2.45) is 0 Å². The fraction of sp³-hybridized carbons (Fsp3) is 0.333. The minimum Gasteiger partial charge on any atom is -0.428 e. The fourth-order valence-electron chi connectivity index (χ4n) is 4.67. The van der Waals surface area contributed by atoms with Crippen LogP contribution >= 0.6 is 0 Å². The molecule has 14 heteroatoms. The van der Waals surface area contributed by atoms with Crippen LogP contribution in [0.5, 0.6) is 11.5 Å². The zero-order chi connectivity index (χ0) is 30.2. The summed E-state index contributed by atoms with van der Waals surface area (Å²) in [6.45, 7) is -0.957. The topological polar surface area (TPSA) is 41.9 Å². The molecule has 222 valence electrons. The number of fused-ring (bicyclic) bond motifs is 1. The molecule has 3 aromatic rings. The van der Waals surface area contributed by atoms with Crippen LogP contribution in [0.1, 0.15) is 23.6 Å². The monoisotopic (exact) mass is 597 g/mol. The number of hydrogen-bond donors (Lipinski definition) is 1. The van der Waals surface area contributed by atoms with Crippen molar-refractivity contribution >= 4 is 5.69 Å². The Morgan fingerprint density at radius 2 is 1.49 bits per heavy atom. The summed E-state index contributed by atoms with van der Waals surface area (Å²) in [5.74, 6) is -1.11. The molecule has 0 spiro atoms. The molecule has 1 heterocycles. The maximum atomic E-state index is 13.5. The van der Waals surface area contributed by atoms with Gasteiger partial charge in [-0.25, -0.2) is 0 Å². The lowest BCUT2D eigenvalue weighted by atomic mass is 9.86. The van der Waals surface area contributed by atoms with Crippen LogP contribution in [-0.2, 0) is 6.42 Å². The number of nitrogens with zero attached hydrogens (tertiary/aromatic N) is 1. The van der Waals surface area contributed by atoms with E-state index in [1.165, 1.54) is 41.3 Å². The van der Waals surface area contributed by atoms with Gasteiger partial charge in [-0.3, -0.25) is 0 Å². The van der Waals surface area contributed by atoms with Gasteiger partial charge in [0.05, 0.1) is 12.6 Å². The van der Waals surface area contributed by atoms with E-state index in [-0.39, 0.29) is 24.1 Å². The largest absolute Gasteiger partial charge is 0.573 e. The van der Waals surface area contributed by atoms with E-state index in [0.717, 1.165) is 24.3 Å². The van der Waals surface area contributed by atoms with Crippen LogP contribution in [0.25, 0.3) is 11.1 Å². The van der Waals surface area contributed by atoms with Gasteiger partial charge < -0.3 is 19.5 Å². The van der Waals surface area contributed by atoms with Crippen LogP contribution in [0.15, 0.2) is 66.7 Å². The molecule has 0 aromatic heterocycles. The molecule has 0 aliphatic carbocycles. The number of hydrogen-bond acceptors (Lipinski definition) is 4. The van der Waals surface area contributed by atoms with Crippen molar-refractivity contribution in [3.63, 3.8) is 0 Å². The highest BCUT2D eigenvalue weighted by molar-refractivity contribution is 5.76. The first kappa shape index (κ1) is 30.3. The summed E-state index contributed by atoms with van der Waals surface area (Å²) in [6.07, 6.45) is -21.3. The molecule has 0 saturated carbocycles. The van der Waals surface area contributed by atoms with Gasteiger partial charge in [-0.05, 0) is 65.4 Å². The molecule has 4 rings (SSSR count). The third kappa shape index (κ3) is 7.16. The maximum Gasteiger partial charge on any atom is 0.573 e. The van der Waals surface area contributed by atoms with Gasteiger partial charge in [0.2, 0.25) is 0 Å². The Morgan fingerprint density at radius 1 is 0.829 bits per heavy atom. The van der Waals surface area contributed by atoms with Crippen molar-refractivity contribution in [1.82, 2.24) is 0 Å². The minimum absolute atomic E-state index is 0.110. The Hall–Kier alpha value is -3.68. The first-order valence-electron chi connectivity index (χ1n) is 12.0. The van der Waals surface area contributed by atoms with Crippen LogP contribution in [0.2, 0.25) is 0 Å². The molecule has 0 fully saturated rings. The fourth-order valence-corrected chi connectivity index (χ4v) is 4.67. The molecule has 4 nitrogen and oxygen atoms in total. The number of anilines is 1. The van der Waals surface area contributed by atoms with Crippen molar-refractivity contribution in [2.45, 2.75) is 50.1 Å². The quantitative estimate of drug-likeness (QED) is 0.268. The average molecular weight is 597 g/mol. The molecule has 0 bridgehead atoms. The van der Waals surface area contributed by atoms with Gasteiger partial charge in [-0.15, -0.1) is 13.2 Å². The van der Waals surface area contributed by atoms with E-state index in [0.29, 0.717) is 16.7 Å². The summed E-state index contributed by atoms with van der Waals surface area (Å²) in [6, 6.07) is 13.2. The van der Waals surface area contributed by atoms with Gasteiger partial charge in [0.15, 0.2) is 6.10 Å². The van der Waals surface area contributed by atoms with Gasteiger partial charge >= 0.3 is 25.1 Å². The summed E-state index contributed by atoms with van der Waals surface area (Å²) < 4.78 is 138. The molecular formula is C27H21F10NO3. The molecule has 1 unspecified atom stereocenters. The smallest absolute Gasteiger partial charge is 0.428 e. The van der Waals surface area contributed by atoms with Crippen molar-refractivity contribution in [2.75, 3.05) is 11.4 Å². The number of halogens is 10. The molecule has 3 aromatic carbocycles. The second-order valence-corrected chi connectivity index (χ2v) is 9.18. The van der Waals surface area contributed by atoms with Crippen molar-refractivity contribution < 1.29 is 58.5 Å². The van der Waals surface area contributed by atoms with Crippen LogP contribution in [0.4, 0.5) is 49.6 Å². The van der Waals surface area contributed by atoms with E-state index in [1.54, 1.807) is 6.07 Å². The third-order valence-corrected chi connectivity index (χ3v) is 6.40. The number of rotatable bonds is 8. The maximum absolute atomic E-state index is 13.5. The van der Waals surface area contributed by atoms with Gasteiger partial charge in [0, 0.05) is 5.69 Å². The molecule has 1 N–H and O–H groups in total. The van der Waals surface area contributed by atoms with E-state index in [1.807, 2.05) is 0 Å². The molecule has 1 aliphatic heterocycles. The average Bonchev–Trinajstić information content (AvgIpc) is 2.87. The molecule has 1 aliphatic rings. The normalized spacial score (nSPS) is 16.9. The first-order valence-corrected chi connectivity index (χ1v) is 12.0. The summed E-state index contributed by atoms with van der Waals surface area (Å²) in [5.41, 5.74) is 1.89. The van der Waals surface area contributed by atoms with Gasteiger partial charge in [0.25, 0.3) is 0 Å². The number of aliphatic hydroxyl groups excluding tert-OH is 1. The highest BCUT2D eigenvalue weighted by Gasteiger charge is 2.44. The van der Waals surface area contributed by atoms with Crippen molar-refractivity contribution in [3.8, 4) is 22.6 Å². The Balaban J connectivity index is 1.72. The lowest BCUT2D eigenvalue weighted by molar-refractivity contribution is -0.274. The molecule has 0 amide bonds. The Bertz CT molecular complexity index is 1340. The Labute approximate surface area is 226 Å². The van der Waals surface area contributed by atoms with E-state index in [4.69, 9.17) is 0 Å². The SMILES string of the molecule is OC(CN1c2cccc(-c3ccc(OC(F)(F)F)cc3)c2CC[C@@H]1c1cccc(OC(F)(F)C(F)F)c1)C(F)(F)F. The van der Waals surface area contributed by atoms with E-state index < -0.39 is 55.3 Å². The van der Waals surface area contributed by atoms with E-state index >= 15 is 0 Å². The van der Waals surface area contributed by atoms with Crippen molar-refractivity contribution in [3.05, 3.63) is 77.9 Å². The molecular weight excluding hydrogens is 576 g/mol. The molecule has 0 radical (unpaired) electrons. The highest BCUT2D eigenvalue weighted by atomic mass is 19.4. The second-order valence-electron chi connectivity index (χ2n) is 9.18. The van der Waals surface area contributed by atoms with Crippen LogP contribution in [0, 0.1) is 0 Å². The lowest BCUT2D eigenvalue weighted by Gasteiger charge is -2.41. The Morgan fingerprint density at radius 3 is 2.10 bits per heavy atom. The summed E-state index contributed by atoms with van der Waals surface area (Å²) in [7, 11) is 0. The lowest BCUT2D eigenvalue weighted by Crippen LogP contribution is -2.44. The highest BCUT2D eigenvalue weighted by Crippen LogP contribution is 2.44. The summed E-state index contributed by atoms with van der Waals surface area (Å²) in [5, 5.41) is 9.93. The standard InChI is InChI=1S/C27H21F10NO3/c28-24(29)26(33,34)40-18-4-1-3-16(13-18)21-12-11-20-19(15-7-9-17(10-8-15)41-27(35,36)37)5-2-6-22(20)38(21)14-23(39)25(30,31)32/h1-10,13,21,23-24,39H,11-12,14H2/t21-,23?/m1/s1. The predicted octanol–water partition coefficient (Wildman–Crippen LogP) is 7.91. The van der Waals surface area contributed by atoms with Gasteiger partial charge in [-0.1, -0.05) is 36.4 Å². The number of ether oxygens (including phenoxy) is 2. The molecule has 2 atom stereocenters. The Kier molecular flexibility index (Phi) is 8.35. The summed E-state index contributed by atoms with van der Waals surface area (Å²) in [4.78, 5) is 1.23. The van der Waals surface area contributed by atoms with Gasteiger partial charge in [-0.2, -0.15) is 30.7 Å². The predicted molar refractivity (Wildman–Crippen MR) is 127 cm³/mol. The number of benzene rings is 3. The second kappa shape index (κ2) is 11.3. The van der Waals surface area contributed by atoms with Gasteiger partial charge in [0.1, 0.15) is 11.5 Å². The first-order chi connectivity index (χ1) is 19.0.